The van der Waals surface area contributed by atoms with Crippen molar-refractivity contribution in [3.63, 3.8) is 0 Å². The number of alkyl halides is 10. The topological polar surface area (TPSA) is 0 Å². The summed E-state index contributed by atoms with van der Waals surface area (Å²) in [5.74, 6) is -15.3. The molecule has 11 heteroatoms. The van der Waals surface area contributed by atoms with Crippen LogP contribution in [-0.2, 0) is 0 Å². The molecule has 0 saturated heterocycles. The third-order valence-electron chi connectivity index (χ3n) is 3.15. The molecule has 0 bridgehead atoms. The molecule has 0 heterocycles. The Kier molecular flexibility index (Phi) is 12.1. The molecule has 2 unspecified atom stereocenters. The summed E-state index contributed by atoms with van der Waals surface area (Å²) in [6, 6.07) is 0. The minimum atomic E-state index is -4.99. The predicted molar refractivity (Wildman–Crippen MR) is 80.9 cm³/mol. The molecule has 0 rings (SSSR count). The van der Waals surface area contributed by atoms with Gasteiger partial charge < -0.3 is 6.92 Å². The first kappa shape index (κ1) is 28.4. The maximum absolute atomic E-state index is 13.7. The molecule has 0 radical (unpaired) electrons. The van der Waals surface area contributed by atoms with Gasteiger partial charge in [0.1, 0.15) is 0 Å². The van der Waals surface area contributed by atoms with Crippen molar-refractivity contribution >= 4 is 22.6 Å². The Morgan fingerprint density at radius 3 is 1.72 bits per heavy atom. The summed E-state index contributed by atoms with van der Waals surface area (Å²) < 4.78 is 117. The van der Waals surface area contributed by atoms with Gasteiger partial charge in [-0.3, -0.25) is 0 Å². The average Bonchev–Trinajstić information content (AvgIpc) is 2.20. The van der Waals surface area contributed by atoms with Crippen LogP contribution in [0.25, 0.3) is 0 Å². The molecule has 0 saturated carbocycles. The van der Waals surface area contributed by atoms with Gasteiger partial charge in [-0.15, -0.1) is 0 Å². The average molecular weight is 723 g/mol. The molecule has 25 heavy (non-hydrogen) atoms. The van der Waals surface area contributed by atoms with Crippen LogP contribution < -0.4 is 0 Å². The second-order valence-corrected chi connectivity index (χ2v) is 7.82. The van der Waals surface area contributed by atoms with Crippen molar-refractivity contribution in [3.8, 4) is 0 Å². The summed E-state index contributed by atoms with van der Waals surface area (Å²) in [6.45, 7) is 3.58. The van der Waals surface area contributed by atoms with Crippen molar-refractivity contribution in [3.05, 3.63) is 6.92 Å². The van der Waals surface area contributed by atoms with Crippen LogP contribution in [0.3, 0.4) is 0 Å². The van der Waals surface area contributed by atoms with Crippen molar-refractivity contribution in [2.45, 2.75) is 73.3 Å². The van der Waals surface area contributed by atoms with E-state index >= 15 is 0 Å². The Morgan fingerprint density at radius 1 is 0.880 bits per heavy atom. The fourth-order valence-electron chi connectivity index (χ4n) is 2.31. The van der Waals surface area contributed by atoms with E-state index in [1.807, 2.05) is 0 Å². The van der Waals surface area contributed by atoms with E-state index in [1.165, 1.54) is 0 Å². The van der Waals surface area contributed by atoms with Gasteiger partial charge in [-0.05, 0) is 13.3 Å². The molecule has 0 fully saturated rings. The molecule has 0 aliphatic rings. The number of hydrogen-bond donors (Lipinski definition) is 0. The van der Waals surface area contributed by atoms with Gasteiger partial charge in [0.15, 0.2) is 0 Å². The smallest absolute Gasteiger partial charge is 0.343 e. The minimum absolute atomic E-state index is 0. The molecule has 150 valence electrons. The molecular weight excluding hydrogens is 704 g/mol. The van der Waals surface area contributed by atoms with E-state index in [2.05, 4.69) is 6.92 Å². The van der Waals surface area contributed by atoms with E-state index in [0.29, 0.717) is 6.42 Å². The zero-order valence-electron chi connectivity index (χ0n) is 13.4. The third-order valence-corrected chi connectivity index (χ3v) is 4.28. The first-order valence-corrected chi connectivity index (χ1v) is 8.35. The zero-order valence-corrected chi connectivity index (χ0v) is 19.7. The molecule has 0 nitrogen and oxygen atoms in total. The summed E-state index contributed by atoms with van der Waals surface area (Å²) in [5, 5.41) is 0. The van der Waals surface area contributed by atoms with Crippen molar-refractivity contribution in [2.24, 2.45) is 5.92 Å². The molecule has 0 amide bonds. The molecule has 0 N–H and O–H groups in total. The Morgan fingerprint density at radius 2 is 1.36 bits per heavy atom. The maximum atomic E-state index is 13.7. The first-order valence-electron chi connectivity index (χ1n) is 7.11. The van der Waals surface area contributed by atoms with Crippen molar-refractivity contribution in [2.75, 3.05) is 0 Å². The van der Waals surface area contributed by atoms with E-state index in [-0.39, 0.29) is 44.5 Å². The number of rotatable bonds is 10. The normalized spacial score (nSPS) is 16.3. The van der Waals surface area contributed by atoms with Crippen LogP contribution >= 0.6 is 22.6 Å². The zero-order chi connectivity index (χ0) is 19.4. The Bertz CT molecular complexity index is 379. The molecule has 0 spiro atoms. The van der Waals surface area contributed by atoms with Gasteiger partial charge in [0.25, 0.3) is 17.8 Å². The van der Waals surface area contributed by atoms with Gasteiger partial charge in [-0.25, -0.2) is 26.3 Å². The quantitative estimate of drug-likeness (QED) is 0.0981. The van der Waals surface area contributed by atoms with E-state index in [4.69, 9.17) is 0 Å². The molecular formula is C14H19F9IU-. The summed E-state index contributed by atoms with van der Waals surface area (Å²) in [7, 11) is 0. The summed E-state index contributed by atoms with van der Waals surface area (Å²) >= 11 is 1.66. The predicted octanol–water partition coefficient (Wildman–Crippen LogP) is 7.07. The van der Waals surface area contributed by atoms with Crippen LogP contribution in [-0.4, -0.2) is 27.9 Å². The molecule has 0 aliphatic heterocycles. The van der Waals surface area contributed by atoms with Crippen LogP contribution in [0.5, 0.6) is 0 Å². The van der Waals surface area contributed by atoms with E-state index < -0.39 is 59.5 Å². The molecule has 0 aliphatic carbocycles. The third kappa shape index (κ3) is 13.9. The van der Waals surface area contributed by atoms with Crippen LogP contribution in [0, 0.1) is 44.0 Å². The molecule has 2 atom stereocenters. The maximum Gasteiger partial charge on any atom is 0.392 e. The van der Waals surface area contributed by atoms with E-state index in [1.54, 1.807) is 22.6 Å². The van der Waals surface area contributed by atoms with E-state index in [9.17, 15) is 39.5 Å². The van der Waals surface area contributed by atoms with Crippen LogP contribution in [0.4, 0.5) is 39.5 Å². The SMILES string of the molecule is [CH2-]CCC(I)CC(CC(F)(F)CC(F)(F)CC(C)(F)F)C(F)(F)F.[U]. The summed E-state index contributed by atoms with van der Waals surface area (Å²) in [4.78, 5) is 0. The van der Waals surface area contributed by atoms with Gasteiger partial charge >= 0.3 is 6.18 Å². The summed E-state index contributed by atoms with van der Waals surface area (Å²) in [5.41, 5.74) is 0. The van der Waals surface area contributed by atoms with Crippen LogP contribution in [0.2, 0.25) is 0 Å². The van der Waals surface area contributed by atoms with Crippen molar-refractivity contribution < 1.29 is 70.6 Å². The standard InChI is InChI=1S/C14H19F9I.U/c1-3-4-10(24)5-9(14(21,22)23)6-12(17,18)8-13(19,20)7-11(2,15)16;/h9-10H,1,3-8H2,2H3;/q-1;. The monoisotopic (exact) mass is 723 g/mol. The van der Waals surface area contributed by atoms with Gasteiger partial charge in [-0.1, -0.05) is 29.0 Å². The van der Waals surface area contributed by atoms with Gasteiger partial charge in [0.2, 0.25) is 0 Å². The van der Waals surface area contributed by atoms with E-state index in [0.717, 1.165) is 0 Å². The van der Waals surface area contributed by atoms with Crippen molar-refractivity contribution in [1.82, 2.24) is 0 Å². The van der Waals surface area contributed by atoms with Crippen LogP contribution in [0.15, 0.2) is 0 Å². The van der Waals surface area contributed by atoms with Crippen molar-refractivity contribution in [1.29, 1.82) is 0 Å². The number of halogens is 10. The van der Waals surface area contributed by atoms with Gasteiger partial charge in [0.05, 0.1) is 18.8 Å². The second-order valence-electron chi connectivity index (χ2n) is 6.05. The van der Waals surface area contributed by atoms with Gasteiger partial charge in [0, 0.05) is 41.5 Å². The Hall–Kier alpha value is 1.15. The number of hydrogen-bond acceptors (Lipinski definition) is 0. The fraction of sp³-hybridized carbons (Fsp3) is 0.929. The minimum Gasteiger partial charge on any atom is -0.343 e. The largest absolute Gasteiger partial charge is 0.392 e. The Balaban J connectivity index is 0. The fourth-order valence-corrected chi connectivity index (χ4v) is 3.36. The molecule has 0 aromatic rings. The van der Waals surface area contributed by atoms with Gasteiger partial charge in [-0.2, -0.15) is 19.6 Å². The Labute approximate surface area is 178 Å². The molecule has 0 aromatic carbocycles. The molecule has 0 aromatic heterocycles. The summed E-state index contributed by atoms with van der Waals surface area (Å²) in [6.07, 6.45) is -11.4. The first-order chi connectivity index (χ1) is 10.5. The van der Waals surface area contributed by atoms with Crippen LogP contribution in [0.1, 0.15) is 45.4 Å². The second kappa shape index (κ2) is 10.6.